The van der Waals surface area contributed by atoms with Crippen molar-refractivity contribution in [1.29, 1.82) is 0 Å². The number of nitrogens with one attached hydrogen (secondary N) is 2. The maximum absolute atomic E-state index is 12.7. The lowest BCUT2D eigenvalue weighted by Gasteiger charge is -2.22. The molecular weight excluding hydrogens is 494 g/mol. The number of hydrogen-bond acceptors (Lipinski definition) is 9. The average Bonchev–Trinajstić information content (AvgIpc) is 3.40. The number of carbonyl (C=O) groups is 2. The molecule has 1 aromatic carbocycles. The number of hydrogen-bond donors (Lipinski definition) is 2. The van der Waals surface area contributed by atoms with Gasteiger partial charge in [-0.2, -0.15) is 0 Å². The molecule has 0 aliphatic heterocycles. The standard InChI is InChI=1S/C22H22ClN7O2S2/c1-10-25-20(27-14-8-17-15(7-13(14)23)28-29-34-17)19-12-5-4-11(6-16(12)33-22(19)26-10)21(32)24-9-18(31)30(2)3/h7-8,11H,4-6,9H2,1-3H3,(H,24,32)(H,25,26,27)/t11-/m0/s1. The van der Waals surface area contributed by atoms with E-state index in [-0.39, 0.29) is 24.3 Å². The first-order valence-electron chi connectivity index (χ1n) is 10.8. The quantitative estimate of drug-likeness (QED) is 0.416. The van der Waals surface area contributed by atoms with E-state index in [0.29, 0.717) is 29.5 Å². The molecule has 1 aliphatic carbocycles. The highest BCUT2D eigenvalue weighted by Crippen LogP contribution is 2.41. The van der Waals surface area contributed by atoms with Crippen molar-refractivity contribution in [2.75, 3.05) is 26.0 Å². The van der Waals surface area contributed by atoms with E-state index in [1.165, 1.54) is 22.0 Å². The van der Waals surface area contributed by atoms with Gasteiger partial charge in [0.25, 0.3) is 0 Å². The molecular formula is C22H22ClN7O2S2. The van der Waals surface area contributed by atoms with Crippen LogP contribution in [0.5, 0.6) is 0 Å². The number of aromatic nitrogens is 4. The Bertz CT molecular complexity index is 1430. The summed E-state index contributed by atoms with van der Waals surface area (Å²) in [5, 5.41) is 11.8. The Kier molecular flexibility index (Phi) is 6.09. The van der Waals surface area contributed by atoms with E-state index < -0.39 is 0 Å². The third-order valence-corrected chi connectivity index (χ3v) is 8.04. The summed E-state index contributed by atoms with van der Waals surface area (Å²) in [4.78, 5) is 37.4. The molecule has 3 heterocycles. The molecule has 0 spiro atoms. The van der Waals surface area contributed by atoms with E-state index in [2.05, 4.69) is 30.2 Å². The number of fused-ring (bicyclic) bond motifs is 4. The maximum atomic E-state index is 12.7. The molecule has 1 atom stereocenters. The highest BCUT2D eigenvalue weighted by atomic mass is 35.5. The Morgan fingerprint density at radius 1 is 1.26 bits per heavy atom. The average molecular weight is 516 g/mol. The van der Waals surface area contributed by atoms with Gasteiger partial charge in [0.2, 0.25) is 11.8 Å². The highest BCUT2D eigenvalue weighted by Gasteiger charge is 2.29. The van der Waals surface area contributed by atoms with Gasteiger partial charge in [-0.15, -0.1) is 16.4 Å². The predicted molar refractivity (Wildman–Crippen MR) is 135 cm³/mol. The molecule has 0 unspecified atom stereocenters. The van der Waals surface area contributed by atoms with Gasteiger partial charge in [0.1, 0.15) is 22.0 Å². The lowest BCUT2D eigenvalue weighted by Crippen LogP contribution is -2.40. The van der Waals surface area contributed by atoms with Crippen LogP contribution in [-0.4, -0.2) is 56.9 Å². The van der Waals surface area contributed by atoms with Gasteiger partial charge in [0.15, 0.2) is 0 Å². The fraction of sp³-hybridized carbons (Fsp3) is 0.364. The molecule has 1 aliphatic rings. The number of halogens is 1. The van der Waals surface area contributed by atoms with Crippen LogP contribution < -0.4 is 10.6 Å². The fourth-order valence-electron chi connectivity index (χ4n) is 4.09. The fourth-order valence-corrected chi connectivity index (χ4v) is 6.22. The summed E-state index contributed by atoms with van der Waals surface area (Å²) in [6.45, 7) is 1.87. The molecule has 0 bridgehead atoms. The maximum Gasteiger partial charge on any atom is 0.241 e. The summed E-state index contributed by atoms with van der Waals surface area (Å²) >= 11 is 9.42. The van der Waals surface area contributed by atoms with Crippen LogP contribution in [0.25, 0.3) is 20.4 Å². The molecule has 4 aromatic rings. The van der Waals surface area contributed by atoms with Gasteiger partial charge >= 0.3 is 0 Å². The van der Waals surface area contributed by atoms with Crippen LogP contribution in [-0.2, 0) is 22.4 Å². The summed E-state index contributed by atoms with van der Waals surface area (Å²) in [5.74, 6) is 0.980. The van der Waals surface area contributed by atoms with Crippen LogP contribution in [0.2, 0.25) is 5.02 Å². The molecule has 2 amide bonds. The van der Waals surface area contributed by atoms with Crippen LogP contribution in [0.4, 0.5) is 11.5 Å². The molecule has 3 aromatic heterocycles. The number of anilines is 2. The van der Waals surface area contributed by atoms with E-state index >= 15 is 0 Å². The predicted octanol–water partition coefficient (Wildman–Crippen LogP) is 3.71. The lowest BCUT2D eigenvalue weighted by atomic mass is 9.87. The summed E-state index contributed by atoms with van der Waals surface area (Å²) in [7, 11) is 3.35. The van der Waals surface area contributed by atoms with Crippen molar-refractivity contribution >= 4 is 78.2 Å². The minimum absolute atomic E-state index is 0.0146. The normalized spacial score (nSPS) is 15.4. The Balaban J connectivity index is 1.43. The zero-order valence-electron chi connectivity index (χ0n) is 18.8. The molecule has 34 heavy (non-hydrogen) atoms. The monoisotopic (exact) mass is 515 g/mol. The van der Waals surface area contributed by atoms with Crippen molar-refractivity contribution in [2.45, 2.75) is 26.2 Å². The van der Waals surface area contributed by atoms with Crippen molar-refractivity contribution in [1.82, 2.24) is 29.8 Å². The van der Waals surface area contributed by atoms with Crippen LogP contribution in [0.1, 0.15) is 22.7 Å². The van der Waals surface area contributed by atoms with E-state index in [1.54, 1.807) is 31.5 Å². The second-order valence-corrected chi connectivity index (χ2v) is 10.7. The number of thiophene rings is 1. The van der Waals surface area contributed by atoms with Gasteiger partial charge in [-0.1, -0.05) is 16.1 Å². The van der Waals surface area contributed by atoms with Crippen LogP contribution >= 0.6 is 34.5 Å². The summed E-state index contributed by atoms with van der Waals surface area (Å²) < 4.78 is 4.92. The molecule has 0 radical (unpaired) electrons. The Labute approximate surface area is 208 Å². The molecule has 0 saturated carbocycles. The Hall–Kier alpha value is -2.89. The molecule has 12 heteroatoms. The number of amides is 2. The zero-order chi connectivity index (χ0) is 24.0. The van der Waals surface area contributed by atoms with Gasteiger partial charge in [-0.05, 0) is 55.4 Å². The third-order valence-electron chi connectivity index (χ3n) is 5.89. The van der Waals surface area contributed by atoms with E-state index in [1.807, 2.05) is 13.0 Å². The van der Waals surface area contributed by atoms with Crippen molar-refractivity contribution < 1.29 is 9.59 Å². The molecule has 2 N–H and O–H groups in total. The first-order valence-corrected chi connectivity index (χ1v) is 12.7. The number of carbonyl (C=O) groups excluding carboxylic acids is 2. The molecule has 176 valence electrons. The van der Waals surface area contributed by atoms with Crippen molar-refractivity contribution in [3.63, 3.8) is 0 Å². The van der Waals surface area contributed by atoms with Crippen LogP contribution in [0.15, 0.2) is 12.1 Å². The molecule has 0 saturated heterocycles. The van der Waals surface area contributed by atoms with Crippen LogP contribution in [0.3, 0.4) is 0 Å². The summed E-state index contributed by atoms with van der Waals surface area (Å²) in [5.41, 5.74) is 2.67. The minimum atomic E-state index is -0.170. The molecule has 0 fully saturated rings. The third kappa shape index (κ3) is 4.30. The second kappa shape index (κ2) is 9.05. The zero-order valence-corrected chi connectivity index (χ0v) is 21.2. The van der Waals surface area contributed by atoms with Crippen molar-refractivity contribution in [3.05, 3.63) is 33.4 Å². The molecule has 9 nitrogen and oxygen atoms in total. The summed E-state index contributed by atoms with van der Waals surface area (Å²) in [6.07, 6.45) is 2.06. The second-order valence-electron chi connectivity index (χ2n) is 8.45. The minimum Gasteiger partial charge on any atom is -0.347 e. The van der Waals surface area contributed by atoms with Crippen molar-refractivity contribution in [3.8, 4) is 0 Å². The van der Waals surface area contributed by atoms with E-state index in [0.717, 1.165) is 37.4 Å². The van der Waals surface area contributed by atoms with E-state index in [9.17, 15) is 9.59 Å². The Morgan fingerprint density at radius 2 is 2.09 bits per heavy atom. The number of nitrogens with zero attached hydrogens (tertiary/aromatic N) is 5. The molecule has 5 rings (SSSR count). The Morgan fingerprint density at radius 3 is 2.88 bits per heavy atom. The first-order chi connectivity index (χ1) is 16.3. The largest absolute Gasteiger partial charge is 0.347 e. The van der Waals surface area contributed by atoms with Gasteiger partial charge in [-0.3, -0.25) is 9.59 Å². The van der Waals surface area contributed by atoms with Crippen LogP contribution in [0, 0.1) is 12.8 Å². The van der Waals surface area contributed by atoms with Gasteiger partial charge in [-0.25, -0.2) is 9.97 Å². The van der Waals surface area contributed by atoms with Gasteiger partial charge in [0, 0.05) is 24.9 Å². The number of rotatable bonds is 5. The SMILES string of the molecule is Cc1nc(Nc2cc3snnc3cc2Cl)c2c3c(sc2n1)C[C@@H](C(=O)NCC(=O)N(C)C)CC3. The van der Waals surface area contributed by atoms with Crippen molar-refractivity contribution in [2.24, 2.45) is 5.92 Å². The first kappa shape index (κ1) is 22.9. The smallest absolute Gasteiger partial charge is 0.241 e. The summed E-state index contributed by atoms with van der Waals surface area (Å²) in [6, 6.07) is 3.72. The topological polar surface area (TPSA) is 113 Å². The number of benzene rings is 1. The number of aryl methyl sites for hydroxylation is 2. The number of likely N-dealkylation sites (N-methyl/N-ethyl adjacent to an activating group) is 1. The highest BCUT2D eigenvalue weighted by molar-refractivity contribution is 7.19. The van der Waals surface area contributed by atoms with Gasteiger partial charge < -0.3 is 15.5 Å². The van der Waals surface area contributed by atoms with Gasteiger partial charge in [0.05, 0.1) is 27.3 Å². The lowest BCUT2D eigenvalue weighted by molar-refractivity contribution is -0.132. The van der Waals surface area contributed by atoms with E-state index in [4.69, 9.17) is 11.6 Å².